The Kier molecular flexibility index (Phi) is 5.17. The van der Waals surface area contributed by atoms with Gasteiger partial charge in [-0.15, -0.1) is 0 Å². The van der Waals surface area contributed by atoms with E-state index in [0.717, 1.165) is 28.3 Å². The summed E-state index contributed by atoms with van der Waals surface area (Å²) in [7, 11) is 1.59. The van der Waals surface area contributed by atoms with Gasteiger partial charge in [0.2, 0.25) is 5.91 Å². The molecule has 2 aromatic heterocycles. The quantitative estimate of drug-likeness (QED) is 0.464. The number of aliphatic carboxylic acids is 1. The number of amides is 1. The van der Waals surface area contributed by atoms with Crippen molar-refractivity contribution in [3.8, 4) is 17.1 Å². The van der Waals surface area contributed by atoms with E-state index >= 15 is 0 Å². The van der Waals surface area contributed by atoms with Crippen LogP contribution in [0.5, 0.6) is 0 Å². The summed E-state index contributed by atoms with van der Waals surface area (Å²) < 4.78 is 7.72. The van der Waals surface area contributed by atoms with Gasteiger partial charge in [0, 0.05) is 36.8 Å². The zero-order chi connectivity index (χ0) is 21.1. The molecule has 4 rings (SSSR count). The molecule has 0 saturated heterocycles. The highest BCUT2D eigenvalue weighted by molar-refractivity contribution is 5.93. The second-order valence-corrected chi connectivity index (χ2v) is 6.78. The fraction of sp³-hybridized carbons (Fsp3) is 0.0870. The molecular weight excluding hydrogens is 382 g/mol. The van der Waals surface area contributed by atoms with Gasteiger partial charge >= 0.3 is 0 Å². The molecule has 0 N–H and O–H groups in total. The van der Waals surface area contributed by atoms with Crippen molar-refractivity contribution in [2.75, 3.05) is 7.05 Å². The van der Waals surface area contributed by atoms with Crippen LogP contribution < -0.4 is 5.11 Å². The second kappa shape index (κ2) is 8.08. The lowest BCUT2D eigenvalue weighted by molar-refractivity contribution is -0.297. The molecule has 2 aromatic carbocycles. The maximum absolute atomic E-state index is 12.2. The fourth-order valence-corrected chi connectivity index (χ4v) is 3.14. The van der Waals surface area contributed by atoms with Crippen LogP contribution in [0.1, 0.15) is 5.56 Å². The number of aromatic nitrogens is 2. The first-order chi connectivity index (χ1) is 14.5. The van der Waals surface area contributed by atoms with Gasteiger partial charge in [0.1, 0.15) is 11.3 Å². The van der Waals surface area contributed by atoms with E-state index in [1.165, 1.54) is 4.90 Å². The number of carboxylic acids is 1. The second-order valence-electron chi connectivity index (χ2n) is 6.78. The smallest absolute Gasteiger partial charge is 0.246 e. The number of hydrogen-bond acceptors (Lipinski definition) is 5. The van der Waals surface area contributed by atoms with Gasteiger partial charge in [-0.3, -0.25) is 4.79 Å². The van der Waals surface area contributed by atoms with Crippen molar-refractivity contribution in [1.82, 2.24) is 14.7 Å². The minimum atomic E-state index is -1.42. The Morgan fingerprint density at radius 1 is 1.10 bits per heavy atom. The summed E-state index contributed by atoms with van der Waals surface area (Å²) in [5.74, 6) is -1.29. The van der Waals surface area contributed by atoms with Crippen LogP contribution in [0.25, 0.3) is 28.1 Å². The molecule has 4 aromatic rings. The van der Waals surface area contributed by atoms with Crippen molar-refractivity contribution in [3.05, 3.63) is 84.6 Å². The number of nitrogens with zero attached hydrogens (tertiary/aromatic N) is 3. The average Bonchev–Trinajstić information content (AvgIpc) is 3.36. The topological polar surface area (TPSA) is 91.4 Å². The molecule has 7 nitrogen and oxygen atoms in total. The molecule has 1 amide bonds. The van der Waals surface area contributed by atoms with E-state index in [-0.39, 0.29) is 6.54 Å². The molecular formula is C23H18N3O4-. The summed E-state index contributed by atoms with van der Waals surface area (Å²) in [6, 6.07) is 19.2. The highest BCUT2D eigenvalue weighted by Crippen LogP contribution is 2.30. The molecule has 0 bridgehead atoms. The molecule has 0 radical (unpaired) electrons. The number of carboxylic acid groups (broad SMARTS) is 1. The van der Waals surface area contributed by atoms with Crippen LogP contribution in [0, 0.1) is 0 Å². The maximum atomic E-state index is 12.2. The fourth-order valence-electron chi connectivity index (χ4n) is 3.14. The first-order valence-corrected chi connectivity index (χ1v) is 9.28. The monoisotopic (exact) mass is 400 g/mol. The SMILES string of the molecule is CN(Cc1cn(-c2ccccc2)nc1-c1cc2ccccc2o1)C(=O)/C=C/C(=O)[O-]. The van der Waals surface area contributed by atoms with Crippen LogP contribution in [0.2, 0.25) is 0 Å². The minimum absolute atomic E-state index is 0.218. The van der Waals surface area contributed by atoms with Crippen LogP contribution in [0.15, 0.2) is 83.4 Å². The van der Waals surface area contributed by atoms with Crippen molar-refractivity contribution in [2.24, 2.45) is 0 Å². The molecule has 0 aliphatic heterocycles. The lowest BCUT2D eigenvalue weighted by atomic mass is 10.2. The highest BCUT2D eigenvalue weighted by Gasteiger charge is 2.18. The van der Waals surface area contributed by atoms with Gasteiger partial charge < -0.3 is 19.2 Å². The number of carbonyl (C=O) groups excluding carboxylic acids is 2. The molecule has 150 valence electrons. The third kappa shape index (κ3) is 4.00. The summed E-state index contributed by atoms with van der Waals surface area (Å²) in [6.07, 6.45) is 3.52. The van der Waals surface area contributed by atoms with Gasteiger partial charge in [-0.25, -0.2) is 4.68 Å². The third-order valence-electron chi connectivity index (χ3n) is 4.62. The zero-order valence-corrected chi connectivity index (χ0v) is 16.2. The Balaban J connectivity index is 1.73. The highest BCUT2D eigenvalue weighted by atomic mass is 16.4. The minimum Gasteiger partial charge on any atom is -0.545 e. The molecule has 0 fully saturated rings. The molecule has 0 unspecified atom stereocenters. The first kappa shape index (κ1) is 19.2. The Bertz CT molecular complexity index is 1200. The van der Waals surface area contributed by atoms with Gasteiger partial charge in [-0.2, -0.15) is 5.10 Å². The van der Waals surface area contributed by atoms with Crippen LogP contribution in [0.3, 0.4) is 0 Å². The molecule has 0 atom stereocenters. The maximum Gasteiger partial charge on any atom is 0.246 e. The summed E-state index contributed by atoms with van der Waals surface area (Å²) in [5.41, 5.74) is 2.98. The van der Waals surface area contributed by atoms with E-state index in [1.54, 1.807) is 11.7 Å². The number of furan rings is 1. The van der Waals surface area contributed by atoms with E-state index in [4.69, 9.17) is 9.52 Å². The van der Waals surface area contributed by atoms with Crippen LogP contribution in [-0.4, -0.2) is 33.6 Å². The standard InChI is InChI=1S/C23H19N3O4/c1-25(21(27)11-12-22(28)29)14-17-15-26(18-8-3-2-4-9-18)24-23(17)20-13-16-7-5-6-10-19(16)30-20/h2-13,15H,14H2,1H3,(H,28,29)/p-1/b12-11+. The van der Waals surface area contributed by atoms with Crippen LogP contribution in [-0.2, 0) is 16.1 Å². The van der Waals surface area contributed by atoms with Crippen molar-refractivity contribution in [3.63, 3.8) is 0 Å². The Morgan fingerprint density at radius 3 is 2.57 bits per heavy atom. The number of rotatable bonds is 6. The van der Waals surface area contributed by atoms with Crippen molar-refractivity contribution < 1.29 is 19.1 Å². The molecule has 7 heteroatoms. The van der Waals surface area contributed by atoms with Crippen molar-refractivity contribution in [2.45, 2.75) is 6.54 Å². The van der Waals surface area contributed by atoms with E-state index < -0.39 is 11.9 Å². The third-order valence-corrected chi connectivity index (χ3v) is 4.62. The largest absolute Gasteiger partial charge is 0.545 e. The summed E-state index contributed by atoms with van der Waals surface area (Å²) in [5, 5.41) is 16.2. The van der Waals surface area contributed by atoms with E-state index in [9.17, 15) is 14.7 Å². The number of fused-ring (bicyclic) bond motifs is 1. The molecule has 0 aliphatic carbocycles. The number of benzene rings is 2. The van der Waals surface area contributed by atoms with Gasteiger partial charge in [0.15, 0.2) is 5.76 Å². The number of carbonyl (C=O) groups is 2. The summed E-state index contributed by atoms with van der Waals surface area (Å²) >= 11 is 0. The van der Waals surface area contributed by atoms with Gasteiger partial charge in [0.05, 0.1) is 11.7 Å². The lowest BCUT2D eigenvalue weighted by Gasteiger charge is -2.14. The average molecular weight is 400 g/mol. The summed E-state index contributed by atoms with van der Waals surface area (Å²) in [4.78, 5) is 24.2. The first-order valence-electron chi connectivity index (χ1n) is 9.28. The molecule has 0 aliphatic rings. The predicted molar refractivity (Wildman–Crippen MR) is 109 cm³/mol. The van der Waals surface area contributed by atoms with Crippen LogP contribution in [0.4, 0.5) is 0 Å². The molecule has 2 heterocycles. The van der Waals surface area contributed by atoms with Crippen LogP contribution >= 0.6 is 0 Å². The molecule has 30 heavy (non-hydrogen) atoms. The van der Waals surface area contributed by atoms with E-state index in [0.29, 0.717) is 17.5 Å². The Labute approximate surface area is 172 Å². The number of hydrogen-bond donors (Lipinski definition) is 0. The van der Waals surface area contributed by atoms with Crippen molar-refractivity contribution in [1.29, 1.82) is 0 Å². The Hall–Kier alpha value is -4.13. The van der Waals surface area contributed by atoms with E-state index in [1.807, 2.05) is 66.9 Å². The lowest BCUT2D eigenvalue weighted by Crippen LogP contribution is -2.26. The van der Waals surface area contributed by atoms with Gasteiger partial charge in [-0.05, 0) is 30.3 Å². The van der Waals surface area contributed by atoms with Gasteiger partial charge in [0.25, 0.3) is 0 Å². The van der Waals surface area contributed by atoms with Gasteiger partial charge in [-0.1, -0.05) is 36.4 Å². The van der Waals surface area contributed by atoms with Crippen molar-refractivity contribution >= 4 is 22.8 Å². The molecule has 0 spiro atoms. The van der Waals surface area contributed by atoms with E-state index in [2.05, 4.69) is 0 Å². The summed E-state index contributed by atoms with van der Waals surface area (Å²) in [6.45, 7) is 0.218. The normalized spacial score (nSPS) is 11.2. The number of likely N-dealkylation sites (N-methyl/N-ethyl adjacent to an activating group) is 1. The number of para-hydroxylation sites is 2. The predicted octanol–water partition coefficient (Wildman–Crippen LogP) is 2.55. The zero-order valence-electron chi connectivity index (χ0n) is 16.2. The molecule has 0 saturated carbocycles. The Morgan fingerprint density at radius 2 is 1.83 bits per heavy atom.